The van der Waals surface area contributed by atoms with Gasteiger partial charge in [-0.25, -0.2) is 0 Å². The number of hydrogen-bond donors (Lipinski definition) is 0. The van der Waals surface area contributed by atoms with Crippen LogP contribution in [-0.2, 0) is 6.42 Å². The monoisotopic (exact) mass is 332 g/mol. The van der Waals surface area contributed by atoms with E-state index in [1.807, 2.05) is 36.2 Å². The number of aryl methyl sites for hydroxylation is 1. The van der Waals surface area contributed by atoms with E-state index in [0.29, 0.717) is 5.56 Å². The minimum atomic E-state index is 0.0385. The molecule has 1 atom stereocenters. The first kappa shape index (κ1) is 15.6. The lowest BCUT2D eigenvalue weighted by Gasteiger charge is -2.33. The van der Waals surface area contributed by atoms with E-state index in [4.69, 9.17) is 0 Å². The second-order valence-corrected chi connectivity index (χ2v) is 6.44. The summed E-state index contributed by atoms with van der Waals surface area (Å²) in [5.41, 5.74) is 4.20. The van der Waals surface area contributed by atoms with E-state index >= 15 is 0 Å². The number of fused-ring (bicyclic) bond motifs is 1. The number of aromatic nitrogens is 3. The predicted octanol–water partition coefficient (Wildman–Crippen LogP) is 3.42. The highest BCUT2D eigenvalue weighted by atomic mass is 16.2. The summed E-state index contributed by atoms with van der Waals surface area (Å²) in [5, 5.41) is 7.65. The fourth-order valence-corrected chi connectivity index (χ4v) is 3.61. The average Bonchev–Trinajstić information content (AvgIpc) is 3.21. The van der Waals surface area contributed by atoms with Gasteiger partial charge in [-0.05, 0) is 48.6 Å². The van der Waals surface area contributed by atoms with E-state index in [-0.39, 0.29) is 11.9 Å². The lowest BCUT2D eigenvalue weighted by atomic mass is 9.87. The minimum absolute atomic E-state index is 0.0385. The summed E-state index contributed by atoms with van der Waals surface area (Å²) in [5.74, 6) is 0.0385. The molecule has 1 aromatic heterocycles. The van der Waals surface area contributed by atoms with Crippen molar-refractivity contribution in [1.82, 2.24) is 19.7 Å². The largest absolute Gasteiger partial charge is 0.335 e. The maximum Gasteiger partial charge on any atom is 0.254 e. The molecule has 0 bridgehead atoms. The van der Waals surface area contributed by atoms with Crippen molar-refractivity contribution < 1.29 is 4.79 Å². The Labute approximate surface area is 146 Å². The van der Waals surface area contributed by atoms with Crippen LogP contribution in [0.1, 0.15) is 40.4 Å². The van der Waals surface area contributed by atoms with Crippen LogP contribution < -0.4 is 0 Å². The number of nitrogens with zero attached hydrogens (tertiary/aromatic N) is 4. The van der Waals surface area contributed by atoms with Crippen molar-refractivity contribution in [2.45, 2.75) is 25.3 Å². The molecule has 0 saturated carbocycles. The van der Waals surface area contributed by atoms with Gasteiger partial charge in [-0.2, -0.15) is 0 Å². The third kappa shape index (κ3) is 2.93. The third-order valence-electron chi connectivity index (χ3n) is 4.94. The smallest absolute Gasteiger partial charge is 0.254 e. The summed E-state index contributed by atoms with van der Waals surface area (Å²) in [6.45, 7) is 0. The molecule has 2 aromatic carbocycles. The standard InChI is InChI=1S/C20H20N4O/c1-23(19-11-5-7-15-6-2-3-10-18(15)19)20(25)16-8-4-9-17(12-16)24-13-21-22-14-24/h2-4,6,8-10,12-14,19H,5,7,11H2,1H3/t19-/m0/s1. The van der Waals surface area contributed by atoms with Crippen molar-refractivity contribution in [1.29, 1.82) is 0 Å². The van der Waals surface area contributed by atoms with Gasteiger partial charge < -0.3 is 4.90 Å². The highest BCUT2D eigenvalue weighted by molar-refractivity contribution is 5.95. The van der Waals surface area contributed by atoms with Gasteiger partial charge in [0, 0.05) is 18.3 Å². The minimum Gasteiger partial charge on any atom is -0.335 e. The quantitative estimate of drug-likeness (QED) is 0.738. The zero-order valence-electron chi connectivity index (χ0n) is 14.2. The van der Waals surface area contributed by atoms with Crippen molar-refractivity contribution in [3.63, 3.8) is 0 Å². The first-order chi connectivity index (χ1) is 12.2. The Morgan fingerprint density at radius 2 is 1.92 bits per heavy atom. The molecule has 1 aliphatic rings. The Balaban J connectivity index is 1.62. The topological polar surface area (TPSA) is 51.0 Å². The number of carbonyl (C=O) groups excluding carboxylic acids is 1. The molecule has 4 rings (SSSR count). The third-order valence-corrected chi connectivity index (χ3v) is 4.94. The summed E-state index contributed by atoms with van der Waals surface area (Å²) >= 11 is 0. The maximum atomic E-state index is 13.1. The van der Waals surface area contributed by atoms with Gasteiger partial charge in [-0.1, -0.05) is 30.3 Å². The molecule has 0 N–H and O–H groups in total. The molecule has 1 amide bonds. The molecule has 0 aliphatic heterocycles. The normalized spacial score (nSPS) is 16.3. The molecule has 126 valence electrons. The molecular weight excluding hydrogens is 312 g/mol. The van der Waals surface area contributed by atoms with E-state index in [2.05, 4.69) is 34.5 Å². The summed E-state index contributed by atoms with van der Waals surface area (Å²) in [7, 11) is 1.90. The van der Waals surface area contributed by atoms with Gasteiger partial charge in [0.1, 0.15) is 12.7 Å². The highest BCUT2D eigenvalue weighted by Crippen LogP contribution is 2.34. The van der Waals surface area contributed by atoms with Gasteiger partial charge in [0.15, 0.2) is 0 Å². The number of benzene rings is 2. The Kier molecular flexibility index (Phi) is 4.06. The van der Waals surface area contributed by atoms with E-state index < -0.39 is 0 Å². The van der Waals surface area contributed by atoms with Crippen LogP contribution in [0.5, 0.6) is 0 Å². The van der Waals surface area contributed by atoms with Gasteiger partial charge >= 0.3 is 0 Å². The van der Waals surface area contributed by atoms with Crippen LogP contribution in [0.2, 0.25) is 0 Å². The highest BCUT2D eigenvalue weighted by Gasteiger charge is 2.27. The molecule has 1 aliphatic carbocycles. The molecule has 3 aromatic rings. The lowest BCUT2D eigenvalue weighted by Crippen LogP contribution is -2.33. The van der Waals surface area contributed by atoms with Crippen molar-refractivity contribution in [2.75, 3.05) is 7.05 Å². The van der Waals surface area contributed by atoms with Crippen molar-refractivity contribution in [3.05, 3.63) is 77.9 Å². The zero-order valence-corrected chi connectivity index (χ0v) is 14.2. The summed E-state index contributed by atoms with van der Waals surface area (Å²) in [4.78, 5) is 14.9. The van der Waals surface area contributed by atoms with Gasteiger partial charge in [0.2, 0.25) is 0 Å². The fourth-order valence-electron chi connectivity index (χ4n) is 3.61. The van der Waals surface area contributed by atoms with Gasteiger partial charge in [0.05, 0.1) is 6.04 Å². The first-order valence-corrected chi connectivity index (χ1v) is 8.54. The van der Waals surface area contributed by atoms with Gasteiger partial charge in [-0.3, -0.25) is 9.36 Å². The average molecular weight is 332 g/mol. The van der Waals surface area contributed by atoms with Crippen LogP contribution in [-0.4, -0.2) is 32.6 Å². The zero-order chi connectivity index (χ0) is 17.2. The molecule has 0 fully saturated rings. The molecule has 25 heavy (non-hydrogen) atoms. The van der Waals surface area contributed by atoms with Crippen LogP contribution in [0.3, 0.4) is 0 Å². The van der Waals surface area contributed by atoms with E-state index in [1.165, 1.54) is 11.1 Å². The SMILES string of the molecule is CN(C(=O)c1cccc(-n2cnnc2)c1)[C@H]1CCCc2ccccc21. The van der Waals surface area contributed by atoms with Crippen LogP contribution in [0.25, 0.3) is 5.69 Å². The van der Waals surface area contributed by atoms with Crippen LogP contribution in [0.15, 0.2) is 61.2 Å². The Hall–Kier alpha value is -2.95. The van der Waals surface area contributed by atoms with Gasteiger partial charge in [0.25, 0.3) is 5.91 Å². The molecule has 5 nitrogen and oxygen atoms in total. The molecule has 0 spiro atoms. The number of hydrogen-bond acceptors (Lipinski definition) is 3. The van der Waals surface area contributed by atoms with E-state index in [0.717, 1.165) is 24.9 Å². The summed E-state index contributed by atoms with van der Waals surface area (Å²) in [6, 6.07) is 16.2. The van der Waals surface area contributed by atoms with Crippen molar-refractivity contribution in [3.8, 4) is 5.69 Å². The lowest BCUT2D eigenvalue weighted by molar-refractivity contribution is 0.0715. The summed E-state index contributed by atoms with van der Waals surface area (Å²) < 4.78 is 1.80. The number of amides is 1. The van der Waals surface area contributed by atoms with Crippen molar-refractivity contribution in [2.24, 2.45) is 0 Å². The number of rotatable bonds is 3. The molecule has 0 radical (unpaired) electrons. The second kappa shape index (κ2) is 6.51. The first-order valence-electron chi connectivity index (χ1n) is 8.54. The molecule has 0 saturated heterocycles. The molecule has 5 heteroatoms. The van der Waals surface area contributed by atoms with Crippen LogP contribution in [0.4, 0.5) is 0 Å². The summed E-state index contributed by atoms with van der Waals surface area (Å²) in [6.07, 6.45) is 6.47. The number of carbonyl (C=O) groups is 1. The van der Waals surface area contributed by atoms with Crippen molar-refractivity contribution >= 4 is 5.91 Å². The molecular formula is C20H20N4O. The van der Waals surface area contributed by atoms with Gasteiger partial charge in [-0.15, -0.1) is 10.2 Å². The Morgan fingerprint density at radius 1 is 1.12 bits per heavy atom. The van der Waals surface area contributed by atoms with E-state index in [9.17, 15) is 4.79 Å². The predicted molar refractivity (Wildman–Crippen MR) is 95.6 cm³/mol. The Morgan fingerprint density at radius 3 is 2.76 bits per heavy atom. The maximum absolute atomic E-state index is 13.1. The molecule has 0 unspecified atom stereocenters. The van der Waals surface area contributed by atoms with Crippen LogP contribution >= 0.6 is 0 Å². The van der Waals surface area contributed by atoms with Crippen LogP contribution in [0, 0.1) is 0 Å². The molecule has 1 heterocycles. The fraction of sp³-hybridized carbons (Fsp3) is 0.250. The van der Waals surface area contributed by atoms with E-state index in [1.54, 1.807) is 17.2 Å². The Bertz CT molecular complexity index is 888. The second-order valence-electron chi connectivity index (χ2n) is 6.44.